The quantitative estimate of drug-likeness (QED) is 0.293. The number of aliphatic imine (C=N–C) groups is 1. The molecular formula is C21H34IN5. The number of guanidine groups is 1. The Kier molecular flexibility index (Phi) is 8.89. The molecule has 1 heterocycles. The molecule has 0 bridgehead atoms. The summed E-state index contributed by atoms with van der Waals surface area (Å²) in [5.41, 5.74) is 4.20. The van der Waals surface area contributed by atoms with Crippen molar-refractivity contribution in [3.8, 4) is 0 Å². The molecule has 1 aromatic carbocycles. The average Bonchev–Trinajstić information content (AvgIpc) is 3.17. The molecular weight excluding hydrogens is 449 g/mol. The lowest BCUT2D eigenvalue weighted by atomic mass is 10.1. The van der Waals surface area contributed by atoms with E-state index in [2.05, 4.69) is 69.6 Å². The van der Waals surface area contributed by atoms with E-state index in [0.29, 0.717) is 6.04 Å². The highest BCUT2D eigenvalue weighted by Crippen LogP contribution is 2.23. The topological polar surface area (TPSA) is 42.9 Å². The van der Waals surface area contributed by atoms with E-state index in [4.69, 9.17) is 0 Å². The Hall–Kier alpha value is -1.28. The molecule has 6 heteroatoms. The standard InChI is InChI=1S/C21H33N5.HI/c1-17-7-6-10-20(18(17)2)26-15-13-25(14-16-26)12-11-23-21(22-3)24-19-8-4-5-9-19;/h4-7,10,19H,8-9,11-16H2,1-3H3,(H2,22,23,24);1H. The fraction of sp³-hybridized carbons (Fsp3) is 0.571. The zero-order chi connectivity index (χ0) is 18.4. The minimum atomic E-state index is 0. The maximum Gasteiger partial charge on any atom is 0.191 e. The highest BCUT2D eigenvalue weighted by molar-refractivity contribution is 14.0. The molecule has 0 radical (unpaired) electrons. The van der Waals surface area contributed by atoms with Gasteiger partial charge >= 0.3 is 0 Å². The zero-order valence-corrected chi connectivity index (χ0v) is 19.2. The predicted octanol–water partition coefficient (Wildman–Crippen LogP) is 2.93. The van der Waals surface area contributed by atoms with E-state index in [0.717, 1.165) is 58.1 Å². The Morgan fingerprint density at radius 2 is 1.81 bits per heavy atom. The second kappa shape index (κ2) is 10.9. The minimum Gasteiger partial charge on any atom is -0.369 e. The van der Waals surface area contributed by atoms with Crippen LogP contribution < -0.4 is 15.5 Å². The normalized spacial score (nSPS) is 18.5. The molecule has 1 saturated heterocycles. The number of nitrogens with zero attached hydrogens (tertiary/aromatic N) is 3. The smallest absolute Gasteiger partial charge is 0.191 e. The summed E-state index contributed by atoms with van der Waals surface area (Å²) in [6.45, 7) is 10.9. The first-order chi connectivity index (χ1) is 12.7. The number of hydrogen-bond acceptors (Lipinski definition) is 3. The number of benzene rings is 1. The third kappa shape index (κ3) is 6.10. The number of rotatable bonds is 5. The molecule has 1 aliphatic carbocycles. The van der Waals surface area contributed by atoms with Gasteiger partial charge < -0.3 is 15.5 Å². The molecule has 1 aromatic rings. The van der Waals surface area contributed by atoms with Crippen molar-refractivity contribution < 1.29 is 0 Å². The Labute approximate surface area is 181 Å². The Morgan fingerprint density at radius 3 is 2.48 bits per heavy atom. The van der Waals surface area contributed by atoms with E-state index in [-0.39, 0.29) is 24.0 Å². The number of halogens is 1. The van der Waals surface area contributed by atoms with Crippen LogP contribution in [-0.4, -0.2) is 63.2 Å². The minimum absolute atomic E-state index is 0. The van der Waals surface area contributed by atoms with Gasteiger partial charge in [-0.25, -0.2) is 0 Å². The summed E-state index contributed by atoms with van der Waals surface area (Å²) < 4.78 is 0. The number of aryl methyl sites for hydroxylation is 1. The van der Waals surface area contributed by atoms with Gasteiger partial charge in [0.15, 0.2) is 5.96 Å². The Bertz CT molecular complexity index is 642. The van der Waals surface area contributed by atoms with Crippen molar-refractivity contribution in [1.29, 1.82) is 0 Å². The second-order valence-corrected chi connectivity index (χ2v) is 7.33. The lowest BCUT2D eigenvalue weighted by Crippen LogP contribution is -2.50. The van der Waals surface area contributed by atoms with Crippen molar-refractivity contribution in [3.63, 3.8) is 0 Å². The molecule has 2 aliphatic rings. The third-order valence-corrected chi connectivity index (χ3v) is 5.58. The molecule has 0 aromatic heterocycles. The maximum atomic E-state index is 4.34. The first kappa shape index (κ1) is 22.0. The first-order valence-corrected chi connectivity index (χ1v) is 9.83. The van der Waals surface area contributed by atoms with Gasteiger partial charge in [0.1, 0.15) is 0 Å². The molecule has 0 amide bonds. The maximum absolute atomic E-state index is 4.34. The summed E-state index contributed by atoms with van der Waals surface area (Å²) in [4.78, 5) is 9.41. The van der Waals surface area contributed by atoms with Crippen LogP contribution in [0.5, 0.6) is 0 Å². The van der Waals surface area contributed by atoms with E-state index in [1.165, 1.54) is 16.8 Å². The second-order valence-electron chi connectivity index (χ2n) is 7.33. The van der Waals surface area contributed by atoms with Gasteiger partial charge in [-0.05, 0) is 43.9 Å². The van der Waals surface area contributed by atoms with E-state index in [1.807, 2.05) is 7.05 Å². The van der Waals surface area contributed by atoms with Gasteiger partial charge in [-0.1, -0.05) is 24.3 Å². The predicted molar refractivity (Wildman–Crippen MR) is 127 cm³/mol. The van der Waals surface area contributed by atoms with Crippen LogP contribution in [0.4, 0.5) is 5.69 Å². The van der Waals surface area contributed by atoms with E-state index in [1.54, 1.807) is 0 Å². The van der Waals surface area contributed by atoms with Crippen molar-refractivity contribution in [1.82, 2.24) is 15.5 Å². The third-order valence-electron chi connectivity index (χ3n) is 5.58. The number of piperazine rings is 1. The summed E-state index contributed by atoms with van der Waals surface area (Å²) in [6, 6.07) is 7.13. The average molecular weight is 483 g/mol. The van der Waals surface area contributed by atoms with Crippen LogP contribution in [-0.2, 0) is 0 Å². The number of hydrogen-bond donors (Lipinski definition) is 2. The molecule has 0 unspecified atom stereocenters. The van der Waals surface area contributed by atoms with Crippen LogP contribution in [0, 0.1) is 13.8 Å². The molecule has 0 atom stereocenters. The number of anilines is 1. The summed E-state index contributed by atoms with van der Waals surface area (Å²) in [6.07, 6.45) is 6.67. The molecule has 0 saturated carbocycles. The van der Waals surface area contributed by atoms with E-state index in [9.17, 15) is 0 Å². The monoisotopic (exact) mass is 483 g/mol. The molecule has 27 heavy (non-hydrogen) atoms. The Balaban J connectivity index is 0.00000261. The van der Waals surface area contributed by atoms with Gasteiger partial charge in [-0.3, -0.25) is 9.89 Å². The van der Waals surface area contributed by atoms with Crippen LogP contribution in [0.15, 0.2) is 35.3 Å². The van der Waals surface area contributed by atoms with Gasteiger partial charge in [0.25, 0.3) is 0 Å². The molecule has 0 spiro atoms. The zero-order valence-electron chi connectivity index (χ0n) is 16.9. The first-order valence-electron chi connectivity index (χ1n) is 9.83. The molecule has 1 aliphatic heterocycles. The SMILES string of the molecule is CN=C(NCCN1CCN(c2cccc(C)c2C)CC1)NC1CC=CC1.I. The van der Waals surface area contributed by atoms with Crippen molar-refractivity contribution in [2.45, 2.75) is 32.7 Å². The van der Waals surface area contributed by atoms with Crippen LogP contribution >= 0.6 is 24.0 Å². The molecule has 2 N–H and O–H groups in total. The molecule has 1 fully saturated rings. The van der Waals surface area contributed by atoms with E-state index < -0.39 is 0 Å². The van der Waals surface area contributed by atoms with Gasteiger partial charge in [0, 0.05) is 58.0 Å². The largest absolute Gasteiger partial charge is 0.369 e. The summed E-state index contributed by atoms with van der Waals surface area (Å²) in [7, 11) is 1.85. The van der Waals surface area contributed by atoms with Crippen molar-refractivity contribution in [2.24, 2.45) is 4.99 Å². The summed E-state index contributed by atoms with van der Waals surface area (Å²) in [5.74, 6) is 0.924. The van der Waals surface area contributed by atoms with Gasteiger partial charge in [0.2, 0.25) is 0 Å². The van der Waals surface area contributed by atoms with E-state index >= 15 is 0 Å². The van der Waals surface area contributed by atoms with Gasteiger partial charge in [0.05, 0.1) is 0 Å². The lowest BCUT2D eigenvalue weighted by molar-refractivity contribution is 0.261. The Morgan fingerprint density at radius 1 is 1.11 bits per heavy atom. The summed E-state index contributed by atoms with van der Waals surface area (Å²) >= 11 is 0. The van der Waals surface area contributed by atoms with Crippen LogP contribution in [0.25, 0.3) is 0 Å². The fourth-order valence-electron chi connectivity index (χ4n) is 3.75. The lowest BCUT2D eigenvalue weighted by Gasteiger charge is -2.37. The fourth-order valence-corrected chi connectivity index (χ4v) is 3.75. The number of nitrogens with one attached hydrogen (secondary N) is 2. The van der Waals surface area contributed by atoms with Gasteiger partial charge in [-0.15, -0.1) is 24.0 Å². The van der Waals surface area contributed by atoms with Crippen molar-refractivity contribution in [3.05, 3.63) is 41.5 Å². The van der Waals surface area contributed by atoms with Crippen LogP contribution in [0.1, 0.15) is 24.0 Å². The highest BCUT2D eigenvalue weighted by Gasteiger charge is 2.18. The summed E-state index contributed by atoms with van der Waals surface area (Å²) in [5, 5.41) is 6.95. The molecule has 5 nitrogen and oxygen atoms in total. The highest BCUT2D eigenvalue weighted by atomic mass is 127. The van der Waals surface area contributed by atoms with Crippen molar-refractivity contribution in [2.75, 3.05) is 51.2 Å². The molecule has 150 valence electrons. The van der Waals surface area contributed by atoms with Crippen LogP contribution in [0.2, 0.25) is 0 Å². The molecule has 3 rings (SSSR count). The van der Waals surface area contributed by atoms with Crippen molar-refractivity contribution >= 4 is 35.6 Å². The van der Waals surface area contributed by atoms with Gasteiger partial charge in [-0.2, -0.15) is 0 Å². The van der Waals surface area contributed by atoms with Crippen LogP contribution in [0.3, 0.4) is 0 Å².